The average Bonchev–Trinajstić information content (AvgIpc) is 3.85. The van der Waals surface area contributed by atoms with Crippen molar-refractivity contribution < 1.29 is 0 Å². The first-order valence-corrected chi connectivity index (χ1v) is 20.9. The van der Waals surface area contributed by atoms with E-state index in [1.807, 2.05) is 0 Å². The Hall–Kier alpha value is -4.88. The van der Waals surface area contributed by atoms with Crippen LogP contribution in [0.1, 0.15) is 112 Å². The quantitative estimate of drug-likeness (QED) is 0.150. The highest BCUT2D eigenvalue weighted by atomic mass is 15.1. The second-order valence-electron chi connectivity index (χ2n) is 17.6. The lowest BCUT2D eigenvalue weighted by atomic mass is 9.69. The van der Waals surface area contributed by atoms with Crippen molar-refractivity contribution in [1.29, 1.82) is 0 Å². The maximum Gasteiger partial charge on any atom is 0.0468 e. The van der Waals surface area contributed by atoms with Crippen LogP contribution < -0.4 is 4.90 Å². The number of anilines is 3. The fraction of sp³-hybridized carbons (Fsp3) is 0.321. The molecule has 6 aromatic rings. The molecule has 4 aliphatic carbocycles. The van der Waals surface area contributed by atoms with E-state index in [0.717, 1.165) is 17.8 Å². The molecule has 6 aromatic carbocycles. The molecule has 270 valence electrons. The number of benzene rings is 6. The van der Waals surface area contributed by atoms with E-state index in [9.17, 15) is 0 Å². The summed E-state index contributed by atoms with van der Waals surface area (Å²) < 4.78 is 0. The van der Waals surface area contributed by atoms with Crippen LogP contribution in [0.25, 0.3) is 22.3 Å². The minimum atomic E-state index is -0.0761. The summed E-state index contributed by atoms with van der Waals surface area (Å²) in [5.41, 5.74) is 16.3. The zero-order chi connectivity index (χ0) is 36.3. The monoisotopic (exact) mass is 703 g/mol. The fourth-order valence-corrected chi connectivity index (χ4v) is 11.5. The Bertz CT molecular complexity index is 2260. The van der Waals surface area contributed by atoms with Gasteiger partial charge < -0.3 is 4.90 Å². The largest absolute Gasteiger partial charge is 0.310 e. The molecule has 0 saturated heterocycles. The van der Waals surface area contributed by atoms with Crippen LogP contribution in [0.5, 0.6) is 0 Å². The van der Waals surface area contributed by atoms with Gasteiger partial charge in [-0.3, -0.25) is 0 Å². The highest BCUT2D eigenvalue weighted by molar-refractivity contribution is 5.94. The Morgan fingerprint density at radius 1 is 0.519 bits per heavy atom. The first-order valence-electron chi connectivity index (χ1n) is 20.9. The van der Waals surface area contributed by atoms with Crippen molar-refractivity contribution in [2.45, 2.75) is 94.8 Å². The SMILES string of the molecule is CC1(C)c2ccc(N(c3ccc(C4CC5CCC4C5)cc3)c3ccc(C4(c5ccccc5)CCCCCC4)cc3)cc2-c2c(-c3ccccc3)cccc21. The number of hydrogen-bond acceptors (Lipinski definition) is 1. The topological polar surface area (TPSA) is 3.24 Å². The van der Waals surface area contributed by atoms with E-state index >= 15 is 0 Å². The van der Waals surface area contributed by atoms with Crippen molar-refractivity contribution in [2.24, 2.45) is 11.8 Å². The molecule has 0 amide bonds. The van der Waals surface area contributed by atoms with Gasteiger partial charge in [-0.1, -0.05) is 155 Å². The minimum Gasteiger partial charge on any atom is -0.310 e. The minimum absolute atomic E-state index is 0.0696. The number of fused-ring (bicyclic) bond motifs is 5. The van der Waals surface area contributed by atoms with Crippen LogP contribution in [-0.2, 0) is 10.8 Å². The summed E-state index contributed by atoms with van der Waals surface area (Å²) in [5.74, 6) is 2.56. The predicted molar refractivity (Wildman–Crippen MR) is 227 cm³/mol. The number of nitrogens with zero attached hydrogens (tertiary/aromatic N) is 1. The molecular formula is C53H53N. The van der Waals surface area contributed by atoms with E-state index in [1.165, 1.54) is 131 Å². The molecule has 2 bridgehead atoms. The summed E-state index contributed by atoms with van der Waals surface area (Å²) >= 11 is 0. The Balaban J connectivity index is 1.10. The lowest BCUT2D eigenvalue weighted by molar-refractivity contribution is 0.420. The molecule has 0 radical (unpaired) electrons. The first kappa shape index (κ1) is 33.7. The van der Waals surface area contributed by atoms with Crippen molar-refractivity contribution in [3.05, 3.63) is 173 Å². The van der Waals surface area contributed by atoms with Crippen LogP contribution >= 0.6 is 0 Å². The molecule has 3 fully saturated rings. The van der Waals surface area contributed by atoms with E-state index in [1.54, 1.807) is 0 Å². The average molecular weight is 704 g/mol. The Morgan fingerprint density at radius 3 is 1.83 bits per heavy atom. The lowest BCUT2D eigenvalue weighted by Gasteiger charge is -2.35. The van der Waals surface area contributed by atoms with Gasteiger partial charge in [-0.05, 0) is 136 Å². The van der Waals surface area contributed by atoms with Crippen LogP contribution in [0.3, 0.4) is 0 Å². The molecular weight excluding hydrogens is 651 g/mol. The van der Waals surface area contributed by atoms with Gasteiger partial charge in [0, 0.05) is 27.9 Å². The van der Waals surface area contributed by atoms with Gasteiger partial charge in [0.05, 0.1) is 0 Å². The molecule has 1 heteroatoms. The Morgan fingerprint density at radius 2 is 1.17 bits per heavy atom. The van der Waals surface area contributed by atoms with Gasteiger partial charge in [0.2, 0.25) is 0 Å². The van der Waals surface area contributed by atoms with Gasteiger partial charge >= 0.3 is 0 Å². The molecule has 10 rings (SSSR count). The maximum atomic E-state index is 2.52. The van der Waals surface area contributed by atoms with Crippen LogP contribution in [-0.4, -0.2) is 0 Å². The third-order valence-electron chi connectivity index (χ3n) is 14.3. The standard InChI is InChI=1S/C53H53N/c1-52(2)49-31-30-45(36-48(49)51-46(18-13-19-50(51)52)38-14-7-5-8-15-38)54(43-26-22-39(23-27-43)47-35-37-20-21-40(47)34-37)44-28-24-42(25-29-44)53(32-11-3-4-12-33-53)41-16-9-6-10-17-41/h5-10,13-19,22-31,36-37,40,47H,3-4,11-12,20-21,32-35H2,1-2H3. The molecule has 0 heterocycles. The van der Waals surface area contributed by atoms with Gasteiger partial charge in [-0.25, -0.2) is 0 Å². The Labute approximate surface area is 323 Å². The van der Waals surface area contributed by atoms with Crippen LogP contribution in [0.2, 0.25) is 0 Å². The summed E-state index contributed by atoms with van der Waals surface area (Å²) in [6, 6.07) is 56.0. The molecule has 0 N–H and O–H groups in total. The van der Waals surface area contributed by atoms with Crippen molar-refractivity contribution in [1.82, 2.24) is 0 Å². The molecule has 1 nitrogen and oxygen atoms in total. The number of rotatable bonds is 7. The number of hydrogen-bond donors (Lipinski definition) is 0. The highest BCUT2D eigenvalue weighted by Crippen LogP contribution is 2.55. The van der Waals surface area contributed by atoms with Crippen LogP contribution in [0, 0.1) is 11.8 Å². The molecule has 3 atom stereocenters. The van der Waals surface area contributed by atoms with Crippen LogP contribution in [0.4, 0.5) is 17.1 Å². The molecule has 54 heavy (non-hydrogen) atoms. The van der Waals surface area contributed by atoms with Gasteiger partial charge in [0.15, 0.2) is 0 Å². The van der Waals surface area contributed by atoms with E-state index in [4.69, 9.17) is 0 Å². The summed E-state index contributed by atoms with van der Waals surface area (Å²) in [6.07, 6.45) is 13.4. The third-order valence-corrected chi connectivity index (χ3v) is 14.3. The molecule has 3 unspecified atom stereocenters. The third kappa shape index (κ3) is 5.57. The van der Waals surface area contributed by atoms with Crippen molar-refractivity contribution >= 4 is 17.1 Å². The van der Waals surface area contributed by atoms with Gasteiger partial charge in [0.25, 0.3) is 0 Å². The van der Waals surface area contributed by atoms with Crippen molar-refractivity contribution in [3.8, 4) is 22.3 Å². The second kappa shape index (κ2) is 13.5. The second-order valence-corrected chi connectivity index (χ2v) is 17.6. The van der Waals surface area contributed by atoms with Gasteiger partial charge in [-0.2, -0.15) is 0 Å². The van der Waals surface area contributed by atoms with Crippen LogP contribution in [0.15, 0.2) is 146 Å². The first-order chi connectivity index (χ1) is 26.5. The van der Waals surface area contributed by atoms with Crippen molar-refractivity contribution in [3.63, 3.8) is 0 Å². The zero-order valence-corrected chi connectivity index (χ0v) is 32.1. The molecule has 4 aliphatic rings. The maximum absolute atomic E-state index is 2.52. The lowest BCUT2D eigenvalue weighted by Crippen LogP contribution is -2.27. The van der Waals surface area contributed by atoms with E-state index < -0.39 is 0 Å². The Kier molecular flexibility index (Phi) is 8.39. The normalized spacial score (nSPS) is 22.0. The summed E-state index contributed by atoms with van der Waals surface area (Å²) in [7, 11) is 0. The molecule has 0 spiro atoms. The fourth-order valence-electron chi connectivity index (χ4n) is 11.5. The zero-order valence-electron chi connectivity index (χ0n) is 32.1. The molecule has 3 saturated carbocycles. The van der Waals surface area contributed by atoms with Gasteiger partial charge in [0.1, 0.15) is 0 Å². The van der Waals surface area contributed by atoms with Crippen molar-refractivity contribution in [2.75, 3.05) is 4.90 Å². The summed E-state index contributed by atoms with van der Waals surface area (Å²) in [4.78, 5) is 2.52. The van der Waals surface area contributed by atoms with E-state index in [-0.39, 0.29) is 10.8 Å². The predicted octanol–water partition coefficient (Wildman–Crippen LogP) is 14.7. The molecule has 0 aromatic heterocycles. The van der Waals surface area contributed by atoms with Gasteiger partial charge in [-0.15, -0.1) is 0 Å². The summed E-state index contributed by atoms with van der Waals surface area (Å²) in [5, 5.41) is 0. The highest BCUT2D eigenvalue weighted by Gasteiger charge is 2.41. The molecule has 0 aliphatic heterocycles. The smallest absolute Gasteiger partial charge is 0.0468 e. The summed E-state index contributed by atoms with van der Waals surface area (Å²) in [6.45, 7) is 4.79. The van der Waals surface area contributed by atoms with E-state index in [0.29, 0.717) is 0 Å². The van der Waals surface area contributed by atoms with E-state index in [2.05, 4.69) is 164 Å².